The van der Waals surface area contributed by atoms with E-state index in [0.29, 0.717) is 34.6 Å². The molecule has 4 fully saturated rings. The van der Waals surface area contributed by atoms with Gasteiger partial charge in [-0.3, -0.25) is 19.6 Å². The Morgan fingerprint density at radius 1 is 1.22 bits per heavy atom. The molecule has 0 atom stereocenters. The Bertz CT molecular complexity index is 1070. The van der Waals surface area contributed by atoms with Crippen LogP contribution in [0.25, 0.3) is 0 Å². The van der Waals surface area contributed by atoms with Crippen LogP contribution in [-0.2, 0) is 5.54 Å². The zero-order valence-electron chi connectivity index (χ0n) is 18.8. The molecule has 0 radical (unpaired) electrons. The highest BCUT2D eigenvalue weighted by Gasteiger charge is 2.53. The number of hydrogen-bond donors (Lipinski definition) is 2. The van der Waals surface area contributed by atoms with Gasteiger partial charge in [0.15, 0.2) is 0 Å². The lowest BCUT2D eigenvalue weighted by atomic mass is 9.53. The molecule has 4 aliphatic rings. The first-order valence-electron chi connectivity index (χ1n) is 11.5. The van der Waals surface area contributed by atoms with Gasteiger partial charge in [0.1, 0.15) is 11.9 Å². The average Bonchev–Trinajstić information content (AvgIpc) is 3.15. The molecule has 0 unspecified atom stereocenters. The summed E-state index contributed by atoms with van der Waals surface area (Å²) in [6, 6.07) is 3.34. The number of nitro groups is 1. The third kappa shape index (κ3) is 3.36. The second kappa shape index (κ2) is 7.32. The van der Waals surface area contributed by atoms with Crippen LogP contribution in [-0.4, -0.2) is 25.7 Å². The smallest absolute Gasteiger partial charge is 0.320 e. The van der Waals surface area contributed by atoms with Crippen molar-refractivity contribution in [3.05, 3.63) is 45.3 Å². The van der Waals surface area contributed by atoms with Gasteiger partial charge >= 0.3 is 5.69 Å². The van der Waals surface area contributed by atoms with Gasteiger partial charge < -0.3 is 10.4 Å². The Hall–Kier alpha value is -2.90. The molecule has 6 rings (SSSR count). The highest BCUT2D eigenvalue weighted by atomic mass is 16.6. The van der Waals surface area contributed by atoms with Crippen molar-refractivity contribution in [2.24, 2.45) is 17.8 Å². The number of hydrogen-bond acceptors (Lipinski definition) is 5. The summed E-state index contributed by atoms with van der Waals surface area (Å²) in [6.45, 7) is 5.68. The number of carbonyl (C=O) groups excluding carboxylic acids is 1. The molecule has 2 N–H and O–H groups in total. The largest absolute Gasteiger partial charge is 0.508 e. The number of amides is 1. The van der Waals surface area contributed by atoms with Crippen LogP contribution in [0, 0.1) is 34.8 Å². The van der Waals surface area contributed by atoms with Crippen molar-refractivity contribution in [2.45, 2.75) is 70.8 Å². The van der Waals surface area contributed by atoms with Gasteiger partial charge in [-0.25, -0.2) is 0 Å². The normalized spacial score (nSPS) is 28.3. The number of phenolic OH excluding ortho intramolecular Hbond substituents is 1. The van der Waals surface area contributed by atoms with Crippen LogP contribution in [0.5, 0.6) is 5.75 Å². The van der Waals surface area contributed by atoms with Gasteiger partial charge in [0, 0.05) is 5.69 Å². The van der Waals surface area contributed by atoms with Crippen molar-refractivity contribution in [1.82, 2.24) is 9.78 Å². The van der Waals surface area contributed by atoms with E-state index in [0.717, 1.165) is 19.3 Å². The molecule has 1 amide bonds. The van der Waals surface area contributed by atoms with Gasteiger partial charge in [-0.05, 0) is 92.4 Å². The molecule has 1 aromatic heterocycles. The van der Waals surface area contributed by atoms with E-state index in [4.69, 9.17) is 0 Å². The fourth-order valence-electron chi connectivity index (χ4n) is 6.74. The monoisotopic (exact) mass is 438 g/mol. The summed E-state index contributed by atoms with van der Waals surface area (Å²) in [5, 5.41) is 29.3. The van der Waals surface area contributed by atoms with Gasteiger partial charge in [0.05, 0.1) is 10.5 Å². The Labute approximate surface area is 187 Å². The van der Waals surface area contributed by atoms with Gasteiger partial charge in [0.2, 0.25) is 5.69 Å². The second-order valence-electron chi connectivity index (χ2n) is 10.5. The number of nitrogens with one attached hydrogen (secondary N) is 1. The molecule has 4 bridgehead atoms. The number of aromatic hydroxyl groups is 1. The standard InChI is InChI=1S/C24H30N4O4/c1-13(2)18-8-19(14(3)4-21(18)29)25-23(30)22-20(28(31)32)12-27(26-22)24-9-15-5-16(10-24)7-17(6-15)11-24/h4,8,12-13,15-17,29H,5-7,9-11H2,1-3H3,(H,25,30). The van der Waals surface area contributed by atoms with Crippen LogP contribution in [0.15, 0.2) is 18.3 Å². The minimum atomic E-state index is -0.594. The Morgan fingerprint density at radius 2 is 1.81 bits per heavy atom. The first kappa shape index (κ1) is 21.0. The molecule has 8 nitrogen and oxygen atoms in total. The van der Waals surface area contributed by atoms with Crippen LogP contribution in [0.2, 0.25) is 0 Å². The van der Waals surface area contributed by atoms with Crippen LogP contribution >= 0.6 is 0 Å². The third-order valence-corrected chi connectivity index (χ3v) is 7.84. The molecule has 0 saturated heterocycles. The maximum Gasteiger partial charge on any atom is 0.320 e. The van der Waals surface area contributed by atoms with E-state index in [2.05, 4.69) is 10.4 Å². The molecule has 32 heavy (non-hydrogen) atoms. The number of rotatable bonds is 5. The van der Waals surface area contributed by atoms with Crippen molar-refractivity contribution in [3.63, 3.8) is 0 Å². The van der Waals surface area contributed by atoms with Crippen LogP contribution in [0.4, 0.5) is 11.4 Å². The summed E-state index contributed by atoms with van der Waals surface area (Å²) in [5.41, 5.74) is 1.32. The molecular formula is C24H30N4O4. The SMILES string of the molecule is Cc1cc(O)c(C(C)C)cc1NC(=O)c1nn(C23CC4CC(CC(C4)C2)C3)cc1[N+](=O)[O-]. The maximum atomic E-state index is 13.1. The van der Waals surface area contributed by atoms with Crippen LogP contribution in [0.1, 0.15) is 79.9 Å². The van der Waals surface area contributed by atoms with E-state index >= 15 is 0 Å². The minimum Gasteiger partial charge on any atom is -0.508 e. The van der Waals surface area contributed by atoms with Crippen molar-refractivity contribution in [3.8, 4) is 5.75 Å². The van der Waals surface area contributed by atoms with Gasteiger partial charge in [-0.15, -0.1) is 0 Å². The van der Waals surface area contributed by atoms with Gasteiger partial charge in [-0.1, -0.05) is 13.8 Å². The summed E-state index contributed by atoms with van der Waals surface area (Å²) in [4.78, 5) is 24.4. The van der Waals surface area contributed by atoms with E-state index in [9.17, 15) is 20.0 Å². The van der Waals surface area contributed by atoms with Crippen LogP contribution < -0.4 is 5.32 Å². The molecular weight excluding hydrogens is 408 g/mol. The molecule has 1 heterocycles. The van der Waals surface area contributed by atoms with Gasteiger partial charge in [-0.2, -0.15) is 5.10 Å². The summed E-state index contributed by atoms with van der Waals surface area (Å²) in [5.74, 6) is 1.63. The fraction of sp³-hybridized carbons (Fsp3) is 0.583. The Balaban J connectivity index is 1.48. The predicted octanol–water partition coefficient (Wildman–Crippen LogP) is 5.11. The highest BCUT2D eigenvalue weighted by molar-refractivity contribution is 6.06. The first-order chi connectivity index (χ1) is 15.1. The fourth-order valence-corrected chi connectivity index (χ4v) is 6.74. The summed E-state index contributed by atoms with van der Waals surface area (Å²) < 4.78 is 1.76. The highest BCUT2D eigenvalue weighted by Crippen LogP contribution is 2.58. The topological polar surface area (TPSA) is 110 Å². The first-order valence-corrected chi connectivity index (χ1v) is 11.5. The summed E-state index contributed by atoms with van der Waals surface area (Å²) in [7, 11) is 0. The van der Waals surface area contributed by atoms with E-state index in [1.165, 1.54) is 25.5 Å². The van der Waals surface area contributed by atoms with Crippen molar-refractivity contribution >= 4 is 17.3 Å². The lowest BCUT2D eigenvalue weighted by Crippen LogP contribution is -2.52. The number of anilines is 1. The van der Waals surface area contributed by atoms with Gasteiger partial charge in [0.25, 0.3) is 5.91 Å². The zero-order chi connectivity index (χ0) is 22.8. The predicted molar refractivity (Wildman–Crippen MR) is 120 cm³/mol. The molecule has 170 valence electrons. The Morgan fingerprint density at radius 3 is 2.34 bits per heavy atom. The van der Waals surface area contributed by atoms with E-state index in [-0.39, 0.29) is 28.6 Å². The quantitative estimate of drug-likeness (QED) is 0.383. The van der Waals surface area contributed by atoms with E-state index in [1.54, 1.807) is 23.7 Å². The zero-order valence-corrected chi connectivity index (χ0v) is 18.8. The van der Waals surface area contributed by atoms with Crippen molar-refractivity contribution in [2.75, 3.05) is 5.32 Å². The lowest BCUT2D eigenvalue weighted by Gasteiger charge is -2.56. The summed E-state index contributed by atoms with van der Waals surface area (Å²) >= 11 is 0. The van der Waals surface area contributed by atoms with Crippen molar-refractivity contribution < 1.29 is 14.8 Å². The molecule has 0 spiro atoms. The van der Waals surface area contributed by atoms with E-state index in [1.807, 2.05) is 13.8 Å². The van der Waals surface area contributed by atoms with Crippen molar-refractivity contribution in [1.29, 1.82) is 0 Å². The van der Waals surface area contributed by atoms with Crippen LogP contribution in [0.3, 0.4) is 0 Å². The minimum absolute atomic E-state index is 0.0656. The number of benzene rings is 1. The lowest BCUT2D eigenvalue weighted by molar-refractivity contribution is -0.385. The molecule has 4 aliphatic carbocycles. The molecule has 0 aliphatic heterocycles. The number of phenols is 1. The average molecular weight is 439 g/mol. The summed E-state index contributed by atoms with van der Waals surface area (Å²) in [6.07, 6.45) is 8.23. The number of aryl methyl sites for hydroxylation is 1. The molecule has 4 saturated carbocycles. The molecule has 2 aromatic rings. The Kier molecular flexibility index (Phi) is 4.80. The maximum absolute atomic E-state index is 13.1. The van der Waals surface area contributed by atoms with E-state index < -0.39 is 10.8 Å². The number of nitrogens with zero attached hydrogens (tertiary/aromatic N) is 3. The third-order valence-electron chi connectivity index (χ3n) is 7.84. The number of aromatic nitrogens is 2. The molecule has 1 aromatic carbocycles. The number of carbonyl (C=O) groups is 1. The molecule has 8 heteroatoms. The second-order valence-corrected chi connectivity index (χ2v) is 10.5.